The van der Waals surface area contributed by atoms with Crippen LogP contribution in [0.3, 0.4) is 0 Å². The number of aromatic amines is 1. The van der Waals surface area contributed by atoms with Crippen molar-refractivity contribution in [3.63, 3.8) is 0 Å². The summed E-state index contributed by atoms with van der Waals surface area (Å²) in [4.78, 5) is 52.8. The van der Waals surface area contributed by atoms with Crippen molar-refractivity contribution in [2.24, 2.45) is 5.92 Å². The number of pyridine rings is 1. The molecule has 1 aliphatic carbocycles. The second-order valence-corrected chi connectivity index (χ2v) is 9.66. The van der Waals surface area contributed by atoms with Gasteiger partial charge in [0.05, 0.1) is 34.3 Å². The van der Waals surface area contributed by atoms with E-state index in [9.17, 15) is 19.2 Å². The highest BCUT2D eigenvalue weighted by Gasteiger charge is 2.40. The molecule has 2 heterocycles. The van der Waals surface area contributed by atoms with E-state index in [1.54, 1.807) is 54.7 Å². The lowest BCUT2D eigenvalue weighted by atomic mass is 10.0. The number of esters is 1. The van der Waals surface area contributed by atoms with Crippen LogP contribution in [0.25, 0.3) is 11.1 Å². The predicted molar refractivity (Wildman–Crippen MR) is 129 cm³/mol. The van der Waals surface area contributed by atoms with Crippen molar-refractivity contribution in [1.82, 2.24) is 15.6 Å². The minimum atomic E-state index is -0.465. The fraction of sp³-hybridized carbons (Fsp3) is 0.250. The molecule has 1 aromatic carbocycles. The number of methoxy groups -OCH3 is 1. The molecule has 8 nitrogen and oxygen atoms in total. The third kappa shape index (κ3) is 5.21. The smallest absolute Gasteiger partial charge is 0.308 e. The number of thiophene rings is 1. The van der Waals surface area contributed by atoms with Gasteiger partial charge in [0, 0.05) is 17.3 Å². The van der Waals surface area contributed by atoms with E-state index in [1.165, 1.54) is 7.11 Å². The van der Waals surface area contributed by atoms with Gasteiger partial charge in [0.1, 0.15) is 0 Å². The Morgan fingerprint density at radius 2 is 1.68 bits per heavy atom. The normalized spacial score (nSPS) is 19.4. The number of aromatic nitrogens is 1. The molecule has 176 valence electrons. The van der Waals surface area contributed by atoms with Crippen LogP contribution in [-0.2, 0) is 9.53 Å². The van der Waals surface area contributed by atoms with Gasteiger partial charge in [-0.15, -0.1) is 11.3 Å². The maximum atomic E-state index is 12.9. The highest BCUT2D eigenvalue weighted by atomic mass is 35.5. The summed E-state index contributed by atoms with van der Waals surface area (Å²) in [5.74, 6) is -1.49. The standard InChI is InChI=1S/C24H22ClN3O5S/c1-33-24(32)15-11-17(18(12-15)28-23(31)19-8-9-20(25)34-19)27-21(29)14-6-4-13(5-7-14)16-3-2-10-26-22(16)30/h2-10,15,17-18H,11-12H2,1H3,(H,26,30)(H,27,29)(H,28,31)/t15-,17-,18+/m0/s1. The van der Waals surface area contributed by atoms with Crippen molar-refractivity contribution >= 4 is 40.7 Å². The van der Waals surface area contributed by atoms with Gasteiger partial charge < -0.3 is 20.4 Å². The average molecular weight is 500 g/mol. The number of hydrogen-bond acceptors (Lipinski definition) is 6. The van der Waals surface area contributed by atoms with Crippen molar-refractivity contribution in [1.29, 1.82) is 0 Å². The molecule has 34 heavy (non-hydrogen) atoms. The fourth-order valence-electron chi connectivity index (χ4n) is 4.09. The molecule has 10 heteroatoms. The first-order valence-electron chi connectivity index (χ1n) is 10.6. The summed E-state index contributed by atoms with van der Waals surface area (Å²) in [6, 6.07) is 12.4. The molecule has 2 amide bonds. The molecule has 1 aliphatic rings. The minimum absolute atomic E-state index is 0.217. The van der Waals surface area contributed by atoms with Gasteiger partial charge >= 0.3 is 5.97 Å². The zero-order valence-electron chi connectivity index (χ0n) is 18.2. The molecular weight excluding hydrogens is 478 g/mol. The van der Waals surface area contributed by atoms with Crippen molar-refractivity contribution in [2.45, 2.75) is 24.9 Å². The Morgan fingerprint density at radius 1 is 1.00 bits per heavy atom. The van der Waals surface area contributed by atoms with Crippen LogP contribution in [0.1, 0.15) is 32.9 Å². The SMILES string of the molecule is COC(=O)[C@H]1C[C@H](NC(=O)c2ccc(-c3ccc[nH]c3=O)cc2)[C@H](NC(=O)c2ccc(Cl)s2)C1. The summed E-state index contributed by atoms with van der Waals surface area (Å²) in [5, 5.41) is 5.85. The van der Waals surface area contributed by atoms with Crippen molar-refractivity contribution < 1.29 is 19.1 Å². The lowest BCUT2D eigenvalue weighted by Crippen LogP contribution is -2.48. The van der Waals surface area contributed by atoms with Crippen LogP contribution in [0, 0.1) is 5.92 Å². The summed E-state index contributed by atoms with van der Waals surface area (Å²) < 4.78 is 5.37. The molecule has 2 aromatic heterocycles. The summed E-state index contributed by atoms with van der Waals surface area (Å²) in [7, 11) is 1.31. The molecular formula is C24H22ClN3O5S. The predicted octanol–water partition coefficient (Wildman–Crippen LogP) is 3.24. The number of carbonyl (C=O) groups excluding carboxylic acids is 3. The Hall–Kier alpha value is -3.43. The van der Waals surface area contributed by atoms with Crippen LogP contribution < -0.4 is 16.2 Å². The molecule has 0 aliphatic heterocycles. The molecule has 0 unspecified atom stereocenters. The van der Waals surface area contributed by atoms with E-state index < -0.39 is 18.0 Å². The Morgan fingerprint density at radius 3 is 2.26 bits per heavy atom. The highest BCUT2D eigenvalue weighted by Crippen LogP contribution is 2.29. The zero-order valence-corrected chi connectivity index (χ0v) is 19.7. The van der Waals surface area contributed by atoms with E-state index in [-0.39, 0.29) is 23.3 Å². The maximum Gasteiger partial charge on any atom is 0.308 e. The number of carbonyl (C=O) groups is 3. The van der Waals surface area contributed by atoms with Crippen LogP contribution >= 0.6 is 22.9 Å². The summed E-state index contributed by atoms with van der Waals surface area (Å²) in [6.07, 6.45) is 2.24. The van der Waals surface area contributed by atoms with E-state index in [0.717, 1.165) is 11.3 Å². The topological polar surface area (TPSA) is 117 Å². The molecule has 4 rings (SSSR count). The highest BCUT2D eigenvalue weighted by molar-refractivity contribution is 7.18. The number of nitrogens with one attached hydrogen (secondary N) is 3. The maximum absolute atomic E-state index is 12.9. The number of rotatable bonds is 6. The van der Waals surface area contributed by atoms with Crippen LogP contribution in [-0.4, -0.2) is 42.0 Å². The number of halogens is 1. The van der Waals surface area contributed by atoms with Crippen LogP contribution in [0.2, 0.25) is 4.34 Å². The molecule has 3 aromatic rings. The molecule has 3 N–H and O–H groups in total. The van der Waals surface area contributed by atoms with E-state index in [2.05, 4.69) is 15.6 Å². The van der Waals surface area contributed by atoms with Gasteiger partial charge in [-0.25, -0.2) is 0 Å². The van der Waals surface area contributed by atoms with Gasteiger partial charge in [-0.05, 0) is 54.8 Å². The molecule has 0 radical (unpaired) electrons. The molecule has 3 atom stereocenters. The van der Waals surface area contributed by atoms with Gasteiger partial charge in [0.2, 0.25) is 0 Å². The van der Waals surface area contributed by atoms with Gasteiger partial charge in [0.25, 0.3) is 17.4 Å². The average Bonchev–Trinajstić information content (AvgIpc) is 3.45. The van der Waals surface area contributed by atoms with E-state index in [1.807, 2.05) is 0 Å². The van der Waals surface area contributed by atoms with Crippen molar-refractivity contribution in [3.8, 4) is 11.1 Å². The molecule has 0 saturated heterocycles. The monoisotopic (exact) mass is 499 g/mol. The van der Waals surface area contributed by atoms with Crippen LogP contribution in [0.5, 0.6) is 0 Å². The first kappa shape index (κ1) is 23.7. The van der Waals surface area contributed by atoms with E-state index in [4.69, 9.17) is 16.3 Å². The molecule has 1 fully saturated rings. The van der Waals surface area contributed by atoms with Gasteiger partial charge in [-0.3, -0.25) is 19.2 Å². The lowest BCUT2D eigenvalue weighted by molar-refractivity contribution is -0.145. The van der Waals surface area contributed by atoms with Gasteiger partial charge in [-0.1, -0.05) is 23.7 Å². The van der Waals surface area contributed by atoms with Gasteiger partial charge in [-0.2, -0.15) is 0 Å². The second-order valence-electron chi connectivity index (χ2n) is 7.95. The fourth-order valence-corrected chi connectivity index (χ4v) is 5.04. The Bertz CT molecular complexity index is 1270. The Labute approximate surface area is 204 Å². The minimum Gasteiger partial charge on any atom is -0.469 e. The largest absolute Gasteiger partial charge is 0.469 e. The first-order chi connectivity index (χ1) is 16.4. The number of amides is 2. The zero-order chi connectivity index (χ0) is 24.2. The number of ether oxygens (including phenoxy) is 1. The first-order valence-corrected chi connectivity index (χ1v) is 11.8. The van der Waals surface area contributed by atoms with Crippen molar-refractivity contribution in [3.05, 3.63) is 79.9 Å². The summed E-state index contributed by atoms with van der Waals surface area (Å²) in [6.45, 7) is 0. The number of benzene rings is 1. The third-order valence-electron chi connectivity index (χ3n) is 5.80. The number of H-pyrrole nitrogens is 1. The van der Waals surface area contributed by atoms with Gasteiger partial charge in [0.15, 0.2) is 0 Å². The van der Waals surface area contributed by atoms with Crippen molar-refractivity contribution in [2.75, 3.05) is 7.11 Å². The third-order valence-corrected chi connectivity index (χ3v) is 7.03. The Balaban J connectivity index is 1.48. The lowest BCUT2D eigenvalue weighted by Gasteiger charge is -2.22. The quantitative estimate of drug-likeness (QED) is 0.450. The summed E-state index contributed by atoms with van der Waals surface area (Å²) >= 11 is 7.08. The Kier molecular flexibility index (Phi) is 7.14. The van der Waals surface area contributed by atoms with Crippen LogP contribution in [0.4, 0.5) is 0 Å². The molecule has 0 bridgehead atoms. The second kappa shape index (κ2) is 10.2. The molecule has 0 spiro atoms. The number of hydrogen-bond donors (Lipinski definition) is 3. The van der Waals surface area contributed by atoms with E-state index >= 15 is 0 Å². The van der Waals surface area contributed by atoms with Crippen LogP contribution in [0.15, 0.2) is 59.5 Å². The van der Waals surface area contributed by atoms with E-state index in [0.29, 0.717) is 38.7 Å². The summed E-state index contributed by atoms with van der Waals surface area (Å²) in [5.41, 5.74) is 1.37. The molecule has 1 saturated carbocycles.